The molecule has 0 aliphatic carbocycles. The van der Waals surface area contributed by atoms with Gasteiger partial charge in [0, 0.05) is 0 Å². The second kappa shape index (κ2) is 4.05. The van der Waals surface area contributed by atoms with Crippen molar-refractivity contribution >= 4 is 0 Å². The van der Waals surface area contributed by atoms with Gasteiger partial charge in [-0.3, -0.25) is 0 Å². The lowest BCUT2D eigenvalue weighted by Crippen LogP contribution is -1.84. The first-order valence-corrected chi connectivity index (χ1v) is 4.65. The van der Waals surface area contributed by atoms with Gasteiger partial charge in [-0.15, -0.1) is 0 Å². The van der Waals surface area contributed by atoms with Crippen LogP contribution in [0.25, 0.3) is 11.1 Å². The molecular weight excluding hydrogens is 188 g/mol. The molecule has 2 nitrogen and oxygen atoms in total. The van der Waals surface area contributed by atoms with Gasteiger partial charge in [0.05, 0.1) is 7.11 Å². The Balaban J connectivity index is 2.46. The molecule has 2 aromatic rings. The molecule has 0 spiro atoms. The van der Waals surface area contributed by atoms with E-state index in [-0.39, 0.29) is 5.75 Å². The number of phenolic OH excluding ortho intramolecular Hbond substituents is 1. The van der Waals surface area contributed by atoms with E-state index in [1.54, 1.807) is 6.07 Å². The quantitative estimate of drug-likeness (QED) is 0.805. The number of phenols is 1. The van der Waals surface area contributed by atoms with Crippen molar-refractivity contribution in [1.82, 2.24) is 0 Å². The Bertz CT molecular complexity index is 449. The van der Waals surface area contributed by atoms with Crippen molar-refractivity contribution in [2.75, 3.05) is 7.11 Å². The van der Waals surface area contributed by atoms with Gasteiger partial charge in [0.15, 0.2) is 11.5 Å². The summed E-state index contributed by atoms with van der Waals surface area (Å²) in [6.07, 6.45) is 0. The molecule has 0 unspecified atom stereocenters. The average molecular weight is 199 g/mol. The number of hydrogen-bond donors (Lipinski definition) is 1. The third kappa shape index (κ3) is 1.94. The first kappa shape index (κ1) is 9.59. The Labute approximate surface area is 88.8 Å². The minimum absolute atomic E-state index is 0.156. The van der Waals surface area contributed by atoms with E-state index in [0.717, 1.165) is 11.1 Å². The monoisotopic (exact) mass is 199 g/mol. The fraction of sp³-hybridized carbons (Fsp3) is 0.0769. The van der Waals surface area contributed by atoms with Gasteiger partial charge < -0.3 is 9.84 Å². The standard InChI is InChI=1S/C13H11O2/c1-15-13-9-11(7-8-12(13)14)10-5-3-2-4-6-10/h3-9,14H,1H3. The van der Waals surface area contributed by atoms with E-state index in [2.05, 4.69) is 6.07 Å². The van der Waals surface area contributed by atoms with Gasteiger partial charge in [-0.25, -0.2) is 0 Å². The maximum Gasteiger partial charge on any atom is 0.161 e. The minimum atomic E-state index is 0.156. The topological polar surface area (TPSA) is 29.5 Å². The van der Waals surface area contributed by atoms with E-state index in [0.29, 0.717) is 5.75 Å². The third-order valence-corrected chi connectivity index (χ3v) is 2.23. The molecule has 0 aromatic heterocycles. The molecule has 75 valence electrons. The van der Waals surface area contributed by atoms with Crippen molar-refractivity contribution in [2.24, 2.45) is 0 Å². The fourth-order valence-corrected chi connectivity index (χ4v) is 1.44. The first-order chi connectivity index (χ1) is 7.31. The van der Waals surface area contributed by atoms with Crippen LogP contribution < -0.4 is 4.74 Å². The van der Waals surface area contributed by atoms with E-state index < -0.39 is 0 Å². The second-order valence-corrected chi connectivity index (χ2v) is 3.18. The molecule has 0 atom stereocenters. The number of methoxy groups -OCH3 is 1. The zero-order valence-electron chi connectivity index (χ0n) is 8.40. The predicted molar refractivity (Wildman–Crippen MR) is 58.9 cm³/mol. The molecule has 0 aliphatic rings. The van der Waals surface area contributed by atoms with Crippen LogP contribution in [0.15, 0.2) is 42.5 Å². The zero-order chi connectivity index (χ0) is 10.7. The fourth-order valence-electron chi connectivity index (χ4n) is 1.44. The summed E-state index contributed by atoms with van der Waals surface area (Å²) >= 11 is 0. The molecular formula is C13H11O2. The van der Waals surface area contributed by atoms with Crippen LogP contribution in [0.1, 0.15) is 0 Å². The van der Waals surface area contributed by atoms with E-state index in [4.69, 9.17) is 4.74 Å². The van der Waals surface area contributed by atoms with Crippen molar-refractivity contribution in [1.29, 1.82) is 0 Å². The second-order valence-electron chi connectivity index (χ2n) is 3.18. The Morgan fingerprint density at radius 1 is 1.07 bits per heavy atom. The average Bonchev–Trinajstić information content (AvgIpc) is 2.31. The summed E-state index contributed by atoms with van der Waals surface area (Å²) < 4.78 is 5.05. The van der Waals surface area contributed by atoms with E-state index >= 15 is 0 Å². The third-order valence-electron chi connectivity index (χ3n) is 2.23. The number of aromatic hydroxyl groups is 1. The summed E-state index contributed by atoms with van der Waals surface area (Å²) in [5.41, 5.74) is 2.09. The lowest BCUT2D eigenvalue weighted by molar-refractivity contribution is 0.373. The molecule has 0 bridgehead atoms. The molecule has 1 radical (unpaired) electrons. The summed E-state index contributed by atoms with van der Waals surface area (Å²) in [5.74, 6) is 0.643. The molecule has 0 saturated heterocycles. The summed E-state index contributed by atoms with van der Waals surface area (Å²) in [6, 6.07) is 15.9. The summed E-state index contributed by atoms with van der Waals surface area (Å²) in [6.45, 7) is 0. The Morgan fingerprint density at radius 2 is 1.80 bits per heavy atom. The van der Waals surface area contributed by atoms with Gasteiger partial charge in [-0.2, -0.15) is 0 Å². The smallest absolute Gasteiger partial charge is 0.161 e. The number of hydrogen-bond acceptors (Lipinski definition) is 2. The Kier molecular flexibility index (Phi) is 2.59. The largest absolute Gasteiger partial charge is 0.504 e. The summed E-state index contributed by atoms with van der Waals surface area (Å²) in [7, 11) is 1.54. The lowest BCUT2D eigenvalue weighted by atomic mass is 10.1. The van der Waals surface area contributed by atoms with Gasteiger partial charge >= 0.3 is 0 Å². The van der Waals surface area contributed by atoms with Crippen LogP contribution in [0, 0.1) is 6.07 Å². The highest BCUT2D eigenvalue weighted by Gasteiger charge is 2.03. The Hall–Kier alpha value is -1.96. The van der Waals surface area contributed by atoms with Crippen LogP contribution in [-0.2, 0) is 0 Å². The van der Waals surface area contributed by atoms with E-state index in [1.807, 2.05) is 36.4 Å². The SMILES string of the molecule is COc1cc(-c2cc[c]cc2)ccc1O. The number of benzene rings is 2. The molecule has 1 N–H and O–H groups in total. The molecule has 0 heterocycles. The van der Waals surface area contributed by atoms with Gasteiger partial charge in [0.25, 0.3) is 0 Å². The normalized spacial score (nSPS) is 9.93. The number of ether oxygens (including phenoxy) is 1. The minimum Gasteiger partial charge on any atom is -0.504 e. The van der Waals surface area contributed by atoms with Crippen LogP contribution in [0.2, 0.25) is 0 Å². The van der Waals surface area contributed by atoms with Gasteiger partial charge in [0.2, 0.25) is 0 Å². The highest BCUT2D eigenvalue weighted by Crippen LogP contribution is 2.30. The highest BCUT2D eigenvalue weighted by atomic mass is 16.5. The Morgan fingerprint density at radius 3 is 2.47 bits per heavy atom. The van der Waals surface area contributed by atoms with Crippen molar-refractivity contribution in [3.8, 4) is 22.6 Å². The van der Waals surface area contributed by atoms with Crippen molar-refractivity contribution in [2.45, 2.75) is 0 Å². The molecule has 0 saturated carbocycles. The zero-order valence-corrected chi connectivity index (χ0v) is 8.40. The maximum atomic E-state index is 9.45. The molecule has 0 aliphatic heterocycles. The van der Waals surface area contributed by atoms with Gasteiger partial charge in [0.1, 0.15) is 0 Å². The van der Waals surface area contributed by atoms with Crippen LogP contribution in [0.5, 0.6) is 11.5 Å². The van der Waals surface area contributed by atoms with Crippen molar-refractivity contribution in [3.63, 3.8) is 0 Å². The van der Waals surface area contributed by atoms with Crippen molar-refractivity contribution in [3.05, 3.63) is 48.5 Å². The van der Waals surface area contributed by atoms with Crippen LogP contribution in [0.4, 0.5) is 0 Å². The summed E-state index contributed by atoms with van der Waals surface area (Å²) in [4.78, 5) is 0. The van der Waals surface area contributed by atoms with Crippen molar-refractivity contribution < 1.29 is 9.84 Å². The van der Waals surface area contributed by atoms with Gasteiger partial charge in [-0.1, -0.05) is 30.3 Å². The van der Waals surface area contributed by atoms with E-state index in [1.165, 1.54) is 7.11 Å². The summed E-state index contributed by atoms with van der Waals surface area (Å²) in [5, 5.41) is 9.45. The lowest BCUT2D eigenvalue weighted by Gasteiger charge is -2.06. The van der Waals surface area contributed by atoms with Crippen LogP contribution in [-0.4, -0.2) is 12.2 Å². The number of rotatable bonds is 2. The van der Waals surface area contributed by atoms with Gasteiger partial charge in [-0.05, 0) is 29.3 Å². The van der Waals surface area contributed by atoms with E-state index in [9.17, 15) is 5.11 Å². The molecule has 0 amide bonds. The van der Waals surface area contributed by atoms with Crippen LogP contribution >= 0.6 is 0 Å². The molecule has 15 heavy (non-hydrogen) atoms. The predicted octanol–water partition coefficient (Wildman–Crippen LogP) is 2.87. The maximum absolute atomic E-state index is 9.45. The first-order valence-electron chi connectivity index (χ1n) is 4.65. The molecule has 0 fully saturated rings. The highest BCUT2D eigenvalue weighted by molar-refractivity contribution is 5.66. The van der Waals surface area contributed by atoms with Crippen LogP contribution in [0.3, 0.4) is 0 Å². The molecule has 2 rings (SSSR count). The molecule has 2 heteroatoms. The molecule has 2 aromatic carbocycles.